The molecule has 1 aromatic heterocycles. The number of carboxylic acids is 1. The number of benzene rings is 1. The lowest BCUT2D eigenvalue weighted by Gasteiger charge is -2.26. The fourth-order valence-corrected chi connectivity index (χ4v) is 4.51. The molecule has 2 rings (SSSR count). The lowest BCUT2D eigenvalue weighted by Crippen LogP contribution is -2.58. The van der Waals surface area contributed by atoms with Crippen molar-refractivity contribution in [2.24, 2.45) is 17.6 Å². The average Bonchev–Trinajstić information content (AvgIpc) is 3.27. The summed E-state index contributed by atoms with van der Waals surface area (Å²) in [6.45, 7) is 7.49. The van der Waals surface area contributed by atoms with Crippen LogP contribution < -0.4 is 21.7 Å². The minimum atomic E-state index is -1.14. The van der Waals surface area contributed by atoms with Gasteiger partial charge in [-0.2, -0.15) is 11.8 Å². The predicted molar refractivity (Wildman–Crippen MR) is 151 cm³/mol. The Bertz CT molecular complexity index is 1100. The molecule has 0 aliphatic carbocycles. The Morgan fingerprint density at radius 2 is 1.55 bits per heavy atom. The average molecular weight is 548 g/mol. The molecule has 0 fully saturated rings. The molecule has 0 aliphatic rings. The van der Waals surface area contributed by atoms with E-state index < -0.39 is 47.9 Å². The number of nitrogens with one attached hydrogen (secondary N) is 4. The lowest BCUT2D eigenvalue weighted by molar-refractivity contribution is -0.142. The molecule has 4 atom stereocenters. The highest BCUT2D eigenvalue weighted by Crippen LogP contribution is 2.19. The second-order valence-electron chi connectivity index (χ2n) is 10.3. The number of hydrogen-bond donors (Lipinski definition) is 6. The molecule has 11 heteroatoms. The van der Waals surface area contributed by atoms with Crippen LogP contribution in [-0.4, -0.2) is 70.0 Å². The Kier molecular flexibility index (Phi) is 12.1. The highest BCUT2D eigenvalue weighted by atomic mass is 32.2. The Hall–Kier alpha value is -3.05. The van der Waals surface area contributed by atoms with Gasteiger partial charge in [-0.05, 0) is 48.3 Å². The first-order valence-electron chi connectivity index (χ1n) is 12.9. The second-order valence-corrected chi connectivity index (χ2v) is 11.3. The van der Waals surface area contributed by atoms with E-state index in [9.17, 15) is 24.3 Å². The molecular weight excluding hydrogens is 506 g/mol. The maximum absolute atomic E-state index is 13.4. The Balaban J connectivity index is 2.32. The monoisotopic (exact) mass is 547 g/mol. The SMILES string of the molecule is CSCCC(NC(=O)C(Cc1c[nH]c2ccccc12)NC(=O)C(CC(C)C)NC(=O)C(N)C(C)C)C(=O)O. The van der Waals surface area contributed by atoms with Crippen molar-refractivity contribution in [1.29, 1.82) is 0 Å². The van der Waals surface area contributed by atoms with Crippen LogP contribution in [0.3, 0.4) is 0 Å². The van der Waals surface area contributed by atoms with Gasteiger partial charge < -0.3 is 31.8 Å². The molecule has 0 spiro atoms. The highest BCUT2D eigenvalue weighted by molar-refractivity contribution is 7.98. The number of aromatic amines is 1. The first-order chi connectivity index (χ1) is 17.9. The number of thioether (sulfide) groups is 1. The highest BCUT2D eigenvalue weighted by Gasteiger charge is 2.31. The van der Waals surface area contributed by atoms with E-state index in [2.05, 4.69) is 20.9 Å². The third kappa shape index (κ3) is 9.05. The van der Waals surface area contributed by atoms with E-state index in [4.69, 9.17) is 5.73 Å². The van der Waals surface area contributed by atoms with Gasteiger partial charge in [0.05, 0.1) is 6.04 Å². The van der Waals surface area contributed by atoms with Gasteiger partial charge in [0.25, 0.3) is 0 Å². The van der Waals surface area contributed by atoms with E-state index in [1.165, 1.54) is 11.8 Å². The van der Waals surface area contributed by atoms with Crippen LogP contribution >= 0.6 is 11.8 Å². The van der Waals surface area contributed by atoms with Crippen molar-refractivity contribution in [3.05, 3.63) is 36.0 Å². The van der Waals surface area contributed by atoms with Crippen LogP contribution in [0.1, 0.15) is 46.1 Å². The van der Waals surface area contributed by atoms with Crippen molar-refractivity contribution in [1.82, 2.24) is 20.9 Å². The van der Waals surface area contributed by atoms with Gasteiger partial charge in [-0.1, -0.05) is 45.9 Å². The summed E-state index contributed by atoms with van der Waals surface area (Å²) in [5.41, 5.74) is 7.66. The number of hydrogen-bond acceptors (Lipinski definition) is 6. The predicted octanol–water partition coefficient (Wildman–Crippen LogP) is 2.03. The Morgan fingerprint density at radius 1 is 0.947 bits per heavy atom. The quantitative estimate of drug-likeness (QED) is 0.198. The van der Waals surface area contributed by atoms with Crippen LogP contribution in [0.15, 0.2) is 30.5 Å². The van der Waals surface area contributed by atoms with E-state index in [1.807, 2.05) is 58.2 Å². The van der Waals surface area contributed by atoms with Crippen LogP contribution in [0.4, 0.5) is 0 Å². The van der Waals surface area contributed by atoms with Crippen molar-refractivity contribution in [3.8, 4) is 0 Å². The van der Waals surface area contributed by atoms with Crippen molar-refractivity contribution in [2.45, 2.75) is 71.1 Å². The van der Waals surface area contributed by atoms with E-state index in [0.29, 0.717) is 12.2 Å². The summed E-state index contributed by atoms with van der Waals surface area (Å²) >= 11 is 1.48. The maximum Gasteiger partial charge on any atom is 0.326 e. The van der Waals surface area contributed by atoms with Gasteiger partial charge in [-0.15, -0.1) is 0 Å². The first kappa shape index (κ1) is 31.2. The molecule has 7 N–H and O–H groups in total. The number of carbonyl (C=O) groups excluding carboxylic acids is 3. The molecule has 1 aromatic carbocycles. The molecule has 3 amide bonds. The number of H-pyrrole nitrogens is 1. The molecule has 0 saturated carbocycles. The molecule has 38 heavy (non-hydrogen) atoms. The van der Waals surface area contributed by atoms with Crippen LogP contribution in [0, 0.1) is 11.8 Å². The van der Waals surface area contributed by atoms with Gasteiger partial charge in [0.2, 0.25) is 17.7 Å². The summed E-state index contributed by atoms with van der Waals surface area (Å²) in [6, 6.07) is 3.73. The molecular formula is C27H41N5O5S. The fraction of sp³-hybridized carbons (Fsp3) is 0.556. The third-order valence-electron chi connectivity index (χ3n) is 6.32. The molecule has 0 radical (unpaired) electrons. The molecule has 2 aromatic rings. The lowest BCUT2D eigenvalue weighted by atomic mass is 9.99. The molecule has 1 heterocycles. The number of fused-ring (bicyclic) bond motifs is 1. The molecule has 210 valence electrons. The number of carbonyl (C=O) groups is 4. The van der Waals surface area contributed by atoms with Gasteiger partial charge in [0, 0.05) is 23.5 Å². The van der Waals surface area contributed by atoms with Crippen molar-refractivity contribution < 1.29 is 24.3 Å². The minimum absolute atomic E-state index is 0.0742. The first-order valence-corrected chi connectivity index (χ1v) is 14.3. The van der Waals surface area contributed by atoms with E-state index in [0.717, 1.165) is 16.5 Å². The molecule has 0 aliphatic heterocycles. The van der Waals surface area contributed by atoms with Crippen LogP contribution in [0.25, 0.3) is 10.9 Å². The number of aromatic nitrogens is 1. The molecule has 4 unspecified atom stereocenters. The normalized spacial score (nSPS) is 14.6. The largest absolute Gasteiger partial charge is 0.480 e. The van der Waals surface area contributed by atoms with Gasteiger partial charge in [0.15, 0.2) is 0 Å². The summed E-state index contributed by atoms with van der Waals surface area (Å²) in [7, 11) is 0. The van der Waals surface area contributed by atoms with Crippen molar-refractivity contribution in [3.63, 3.8) is 0 Å². The van der Waals surface area contributed by atoms with Crippen LogP contribution in [-0.2, 0) is 25.6 Å². The van der Waals surface area contributed by atoms with E-state index in [1.54, 1.807) is 6.20 Å². The fourth-order valence-electron chi connectivity index (χ4n) is 4.04. The summed E-state index contributed by atoms with van der Waals surface area (Å²) < 4.78 is 0. The Morgan fingerprint density at radius 3 is 2.16 bits per heavy atom. The number of amides is 3. The molecule has 10 nitrogen and oxygen atoms in total. The van der Waals surface area contributed by atoms with Crippen molar-refractivity contribution >= 4 is 46.4 Å². The number of nitrogens with two attached hydrogens (primary N) is 1. The van der Waals surface area contributed by atoms with E-state index >= 15 is 0 Å². The second kappa shape index (κ2) is 14.8. The summed E-state index contributed by atoms with van der Waals surface area (Å²) in [5.74, 6) is -2.21. The minimum Gasteiger partial charge on any atom is -0.480 e. The molecule has 0 bridgehead atoms. The Labute approximate surface area is 228 Å². The maximum atomic E-state index is 13.4. The third-order valence-corrected chi connectivity index (χ3v) is 6.96. The van der Waals surface area contributed by atoms with Crippen LogP contribution in [0.2, 0.25) is 0 Å². The van der Waals surface area contributed by atoms with Crippen LogP contribution in [0.5, 0.6) is 0 Å². The van der Waals surface area contributed by atoms with E-state index in [-0.39, 0.29) is 24.7 Å². The topological polar surface area (TPSA) is 166 Å². The summed E-state index contributed by atoms with van der Waals surface area (Å²) in [5, 5.41) is 18.6. The number of aliphatic carboxylic acids is 1. The van der Waals surface area contributed by atoms with Gasteiger partial charge in [-0.25, -0.2) is 4.79 Å². The summed E-state index contributed by atoms with van der Waals surface area (Å²) in [6.07, 6.45) is 4.35. The zero-order valence-corrected chi connectivity index (χ0v) is 23.6. The van der Waals surface area contributed by atoms with Gasteiger partial charge >= 0.3 is 5.97 Å². The number of rotatable bonds is 15. The number of para-hydroxylation sites is 1. The number of carboxylic acid groups (broad SMARTS) is 1. The zero-order chi connectivity index (χ0) is 28.4. The van der Waals surface area contributed by atoms with Gasteiger partial charge in [0.1, 0.15) is 18.1 Å². The zero-order valence-electron chi connectivity index (χ0n) is 22.7. The smallest absolute Gasteiger partial charge is 0.326 e. The standard InChI is InChI=1S/C27H41N5O5S/c1-15(2)12-21(32-26(35)23(28)16(3)4)24(33)31-22(25(34)30-20(27(36)37)10-11-38-5)13-17-14-29-19-9-7-6-8-18(17)19/h6-9,14-16,20-23,29H,10-13,28H2,1-5H3,(H,30,34)(H,31,33)(H,32,35)(H,36,37). The molecule has 0 saturated heterocycles. The van der Waals surface area contributed by atoms with Gasteiger partial charge in [-0.3, -0.25) is 14.4 Å². The summed E-state index contributed by atoms with van der Waals surface area (Å²) in [4.78, 5) is 54.4. The van der Waals surface area contributed by atoms with Crippen molar-refractivity contribution in [2.75, 3.05) is 12.0 Å².